The molecule has 1 aromatic carbocycles. The van der Waals surface area contributed by atoms with Gasteiger partial charge < -0.3 is 15.5 Å². The van der Waals surface area contributed by atoms with Crippen molar-refractivity contribution in [2.24, 2.45) is 0 Å². The number of benzene rings is 1. The van der Waals surface area contributed by atoms with Gasteiger partial charge in [0.15, 0.2) is 0 Å². The standard InChI is InChI=1S/C18H20N4O2/c1-13(14-7-10-19-11-8-14)20-18(24)21-16-9-12-22(17(16)23)15-5-3-2-4-6-15/h2-8,10-11,13,16H,9,12H2,1H3,(H2,20,21,24). The van der Waals surface area contributed by atoms with E-state index in [0.717, 1.165) is 11.3 Å². The van der Waals surface area contributed by atoms with Gasteiger partial charge in [-0.05, 0) is 43.2 Å². The average Bonchev–Trinajstić information content (AvgIpc) is 2.97. The summed E-state index contributed by atoms with van der Waals surface area (Å²) in [6, 6.07) is 12.2. The van der Waals surface area contributed by atoms with E-state index in [1.165, 1.54) is 0 Å². The highest BCUT2D eigenvalue weighted by Crippen LogP contribution is 2.21. The molecule has 124 valence electrons. The van der Waals surface area contributed by atoms with E-state index in [-0.39, 0.29) is 18.0 Å². The molecule has 2 N–H and O–H groups in total. The van der Waals surface area contributed by atoms with Gasteiger partial charge in [-0.2, -0.15) is 0 Å². The summed E-state index contributed by atoms with van der Waals surface area (Å²) in [5.41, 5.74) is 1.82. The van der Waals surface area contributed by atoms with Gasteiger partial charge in [0.1, 0.15) is 6.04 Å². The van der Waals surface area contributed by atoms with Gasteiger partial charge in [0, 0.05) is 24.6 Å². The monoisotopic (exact) mass is 324 g/mol. The second-order valence-corrected chi connectivity index (χ2v) is 5.79. The van der Waals surface area contributed by atoms with Crippen molar-refractivity contribution in [3.05, 3.63) is 60.4 Å². The smallest absolute Gasteiger partial charge is 0.315 e. The molecule has 0 bridgehead atoms. The number of carbonyl (C=O) groups is 2. The molecule has 2 unspecified atom stereocenters. The molecule has 3 rings (SSSR count). The lowest BCUT2D eigenvalue weighted by Crippen LogP contribution is -2.46. The van der Waals surface area contributed by atoms with Crippen LogP contribution in [-0.2, 0) is 4.79 Å². The predicted octanol–water partition coefficient (Wildman–Crippen LogP) is 2.25. The van der Waals surface area contributed by atoms with Crippen LogP contribution in [0.3, 0.4) is 0 Å². The molecule has 1 aromatic heterocycles. The van der Waals surface area contributed by atoms with Crippen molar-refractivity contribution in [2.45, 2.75) is 25.4 Å². The van der Waals surface area contributed by atoms with Crippen LogP contribution in [0.25, 0.3) is 0 Å². The van der Waals surface area contributed by atoms with Crippen molar-refractivity contribution in [3.63, 3.8) is 0 Å². The van der Waals surface area contributed by atoms with E-state index >= 15 is 0 Å². The minimum Gasteiger partial charge on any atom is -0.332 e. The molecule has 2 atom stereocenters. The zero-order valence-electron chi connectivity index (χ0n) is 13.5. The number of hydrogen-bond donors (Lipinski definition) is 2. The van der Waals surface area contributed by atoms with Gasteiger partial charge >= 0.3 is 6.03 Å². The molecule has 24 heavy (non-hydrogen) atoms. The Labute approximate surface area is 140 Å². The molecule has 1 saturated heterocycles. The van der Waals surface area contributed by atoms with Gasteiger partial charge in [-0.15, -0.1) is 0 Å². The normalized spacial score (nSPS) is 18.3. The second kappa shape index (κ2) is 7.12. The number of para-hydroxylation sites is 1. The molecule has 3 amide bonds. The minimum atomic E-state index is -0.491. The molecule has 0 spiro atoms. The Morgan fingerprint density at radius 3 is 2.62 bits per heavy atom. The Hall–Kier alpha value is -2.89. The number of anilines is 1. The van der Waals surface area contributed by atoms with Crippen molar-refractivity contribution in [1.82, 2.24) is 15.6 Å². The summed E-state index contributed by atoms with van der Waals surface area (Å²) in [6.45, 7) is 2.50. The maximum atomic E-state index is 12.5. The highest BCUT2D eigenvalue weighted by atomic mass is 16.2. The Morgan fingerprint density at radius 2 is 1.92 bits per heavy atom. The molecule has 2 heterocycles. The van der Waals surface area contributed by atoms with Crippen LogP contribution in [0.2, 0.25) is 0 Å². The van der Waals surface area contributed by atoms with Crippen LogP contribution in [0.15, 0.2) is 54.9 Å². The first kappa shape index (κ1) is 16.0. The quantitative estimate of drug-likeness (QED) is 0.906. The Bertz CT molecular complexity index is 705. The van der Waals surface area contributed by atoms with Crippen molar-refractivity contribution in [2.75, 3.05) is 11.4 Å². The number of nitrogens with zero attached hydrogens (tertiary/aromatic N) is 2. The summed E-state index contributed by atoms with van der Waals surface area (Å²) in [7, 11) is 0. The highest BCUT2D eigenvalue weighted by molar-refractivity contribution is 6.01. The molecule has 1 aliphatic rings. The number of pyridine rings is 1. The van der Waals surface area contributed by atoms with Crippen LogP contribution >= 0.6 is 0 Å². The third-order valence-corrected chi connectivity index (χ3v) is 4.13. The molecular formula is C18H20N4O2. The van der Waals surface area contributed by atoms with Crippen LogP contribution in [-0.4, -0.2) is 29.5 Å². The van der Waals surface area contributed by atoms with Crippen LogP contribution < -0.4 is 15.5 Å². The van der Waals surface area contributed by atoms with E-state index in [2.05, 4.69) is 15.6 Å². The summed E-state index contributed by atoms with van der Waals surface area (Å²) in [5.74, 6) is -0.0760. The Balaban J connectivity index is 1.57. The lowest BCUT2D eigenvalue weighted by atomic mass is 10.1. The van der Waals surface area contributed by atoms with Gasteiger partial charge in [-0.25, -0.2) is 4.79 Å². The fourth-order valence-electron chi connectivity index (χ4n) is 2.81. The molecular weight excluding hydrogens is 304 g/mol. The minimum absolute atomic E-state index is 0.0760. The summed E-state index contributed by atoms with van der Waals surface area (Å²) in [4.78, 5) is 30.3. The van der Waals surface area contributed by atoms with E-state index in [1.807, 2.05) is 49.4 Å². The molecule has 6 nitrogen and oxygen atoms in total. The molecule has 6 heteroatoms. The Morgan fingerprint density at radius 1 is 1.21 bits per heavy atom. The van der Waals surface area contributed by atoms with Crippen LogP contribution in [0.1, 0.15) is 24.9 Å². The first-order chi connectivity index (χ1) is 11.6. The second-order valence-electron chi connectivity index (χ2n) is 5.79. The number of hydrogen-bond acceptors (Lipinski definition) is 3. The summed E-state index contributed by atoms with van der Waals surface area (Å²) >= 11 is 0. The van der Waals surface area contributed by atoms with Gasteiger partial charge in [-0.1, -0.05) is 18.2 Å². The lowest BCUT2D eigenvalue weighted by Gasteiger charge is -2.19. The fourth-order valence-corrected chi connectivity index (χ4v) is 2.81. The first-order valence-electron chi connectivity index (χ1n) is 7.98. The molecule has 0 aliphatic carbocycles. The van der Waals surface area contributed by atoms with Crippen LogP contribution in [0.5, 0.6) is 0 Å². The molecule has 0 radical (unpaired) electrons. The molecule has 1 aliphatic heterocycles. The van der Waals surface area contributed by atoms with Crippen molar-refractivity contribution in [3.8, 4) is 0 Å². The highest BCUT2D eigenvalue weighted by Gasteiger charge is 2.33. The van der Waals surface area contributed by atoms with Crippen LogP contribution in [0.4, 0.5) is 10.5 Å². The number of carbonyl (C=O) groups excluding carboxylic acids is 2. The fraction of sp³-hybridized carbons (Fsp3) is 0.278. The largest absolute Gasteiger partial charge is 0.332 e. The zero-order valence-corrected chi connectivity index (χ0v) is 13.5. The zero-order chi connectivity index (χ0) is 16.9. The van der Waals surface area contributed by atoms with Crippen molar-refractivity contribution < 1.29 is 9.59 Å². The predicted molar refractivity (Wildman–Crippen MR) is 91.5 cm³/mol. The molecule has 2 aromatic rings. The van der Waals surface area contributed by atoms with E-state index in [1.54, 1.807) is 17.3 Å². The van der Waals surface area contributed by atoms with Gasteiger partial charge in [-0.3, -0.25) is 9.78 Å². The number of rotatable bonds is 4. The van der Waals surface area contributed by atoms with Crippen molar-refractivity contribution in [1.29, 1.82) is 0 Å². The molecule has 1 fully saturated rings. The van der Waals surface area contributed by atoms with Gasteiger partial charge in [0.25, 0.3) is 0 Å². The molecule has 0 saturated carbocycles. The third kappa shape index (κ3) is 3.53. The number of nitrogens with one attached hydrogen (secondary N) is 2. The van der Waals surface area contributed by atoms with Gasteiger partial charge in [0.2, 0.25) is 5.91 Å². The number of urea groups is 1. The van der Waals surface area contributed by atoms with Crippen LogP contribution in [0, 0.1) is 0 Å². The first-order valence-corrected chi connectivity index (χ1v) is 7.98. The summed E-state index contributed by atoms with van der Waals surface area (Å²) in [6.07, 6.45) is 3.97. The Kier molecular flexibility index (Phi) is 4.74. The number of aromatic nitrogens is 1. The summed E-state index contributed by atoms with van der Waals surface area (Å²) in [5, 5.41) is 5.62. The van der Waals surface area contributed by atoms with E-state index in [4.69, 9.17) is 0 Å². The SMILES string of the molecule is CC(NC(=O)NC1CCN(c2ccccc2)C1=O)c1ccncc1. The van der Waals surface area contributed by atoms with Crippen molar-refractivity contribution >= 4 is 17.6 Å². The van der Waals surface area contributed by atoms with E-state index in [9.17, 15) is 9.59 Å². The number of amides is 3. The summed E-state index contributed by atoms with van der Waals surface area (Å²) < 4.78 is 0. The lowest BCUT2D eigenvalue weighted by molar-refractivity contribution is -0.118. The maximum absolute atomic E-state index is 12.5. The topological polar surface area (TPSA) is 74.3 Å². The van der Waals surface area contributed by atoms with E-state index < -0.39 is 6.04 Å². The van der Waals surface area contributed by atoms with E-state index in [0.29, 0.717) is 13.0 Å². The average molecular weight is 324 g/mol. The van der Waals surface area contributed by atoms with Gasteiger partial charge in [0.05, 0.1) is 6.04 Å². The third-order valence-electron chi connectivity index (χ3n) is 4.13. The maximum Gasteiger partial charge on any atom is 0.315 e.